The maximum absolute atomic E-state index is 13.9. The van der Waals surface area contributed by atoms with Crippen LogP contribution in [0.3, 0.4) is 0 Å². The van der Waals surface area contributed by atoms with Crippen LogP contribution in [0, 0.1) is 11.7 Å². The van der Waals surface area contributed by atoms with Gasteiger partial charge in [0.1, 0.15) is 11.5 Å². The maximum atomic E-state index is 13.9. The van der Waals surface area contributed by atoms with Crippen LogP contribution in [0.25, 0.3) is 22.0 Å². The number of halogens is 1. The average Bonchev–Trinajstić information content (AvgIpc) is 3.46. The van der Waals surface area contributed by atoms with Crippen molar-refractivity contribution in [2.75, 3.05) is 12.9 Å². The monoisotopic (exact) mass is 403 g/mol. The molecule has 4 rings (SSSR count). The molecule has 1 saturated carbocycles. The van der Waals surface area contributed by atoms with Crippen molar-refractivity contribution in [3.63, 3.8) is 0 Å². The molecule has 1 aliphatic carbocycles. The molecule has 0 radical (unpaired) electrons. The van der Waals surface area contributed by atoms with Crippen molar-refractivity contribution >= 4 is 20.6 Å². The molecule has 0 unspecified atom stereocenters. The van der Waals surface area contributed by atoms with Gasteiger partial charge in [0.15, 0.2) is 5.75 Å². The van der Waals surface area contributed by atoms with Crippen LogP contribution in [0.15, 0.2) is 40.5 Å². The van der Waals surface area contributed by atoms with Gasteiger partial charge in [-0.1, -0.05) is 0 Å². The summed E-state index contributed by atoms with van der Waals surface area (Å²) < 4.78 is 45.0. The van der Waals surface area contributed by atoms with Crippen molar-refractivity contribution in [3.05, 3.63) is 46.8 Å². The first-order valence-electron chi connectivity index (χ1n) is 8.73. The van der Waals surface area contributed by atoms with Crippen LogP contribution in [0.5, 0.6) is 5.75 Å². The molecule has 1 aromatic carbocycles. The molecule has 1 aliphatic rings. The number of fused-ring (bicyclic) bond motifs is 1. The van der Waals surface area contributed by atoms with Crippen LogP contribution in [0.4, 0.5) is 4.39 Å². The Balaban J connectivity index is 1.99. The fourth-order valence-electron chi connectivity index (χ4n) is 2.95. The zero-order valence-electron chi connectivity index (χ0n) is 15.3. The molecule has 3 aromatic rings. The van der Waals surface area contributed by atoms with Gasteiger partial charge in [-0.2, -0.15) is 0 Å². The Bertz CT molecular complexity index is 1250. The van der Waals surface area contributed by atoms with Crippen molar-refractivity contribution in [3.8, 4) is 17.0 Å². The number of rotatable bonds is 5. The highest BCUT2D eigenvalue weighted by atomic mass is 32.2. The van der Waals surface area contributed by atoms with Crippen LogP contribution >= 0.6 is 0 Å². The van der Waals surface area contributed by atoms with E-state index in [0.717, 1.165) is 19.1 Å². The number of sulfone groups is 1. The Morgan fingerprint density at radius 1 is 1.29 bits per heavy atom. The van der Waals surface area contributed by atoms with Gasteiger partial charge >= 0.3 is 0 Å². The second kappa shape index (κ2) is 6.66. The first-order valence-corrected chi connectivity index (χ1v) is 10.6. The first-order chi connectivity index (χ1) is 13.2. The molecular formula is C19H18FN3O4S. The minimum Gasteiger partial charge on any atom is -0.489 e. The van der Waals surface area contributed by atoms with Gasteiger partial charge in [-0.25, -0.2) is 22.8 Å². The quantitative estimate of drug-likeness (QED) is 0.607. The van der Waals surface area contributed by atoms with Gasteiger partial charge in [-0.3, -0.25) is 4.79 Å². The van der Waals surface area contributed by atoms with E-state index in [1.54, 1.807) is 7.05 Å². The molecular weight excluding hydrogens is 385 g/mol. The smallest absolute Gasteiger partial charge is 0.258 e. The third kappa shape index (κ3) is 3.49. The topological polar surface area (TPSA) is 91.2 Å². The van der Waals surface area contributed by atoms with Gasteiger partial charge < -0.3 is 9.30 Å². The first kappa shape index (κ1) is 18.5. The van der Waals surface area contributed by atoms with E-state index < -0.39 is 15.7 Å². The summed E-state index contributed by atoms with van der Waals surface area (Å²) in [5.41, 5.74) is 0.313. The summed E-state index contributed by atoms with van der Waals surface area (Å²) in [7, 11) is -2.10. The van der Waals surface area contributed by atoms with Gasteiger partial charge in [-0.15, -0.1) is 0 Å². The predicted octanol–water partition coefficient (Wildman–Crippen LogP) is 2.33. The zero-order chi connectivity index (χ0) is 20.1. The van der Waals surface area contributed by atoms with E-state index in [0.29, 0.717) is 34.6 Å². The molecule has 146 valence electrons. The van der Waals surface area contributed by atoms with Crippen LogP contribution in [0.2, 0.25) is 0 Å². The molecule has 28 heavy (non-hydrogen) atoms. The largest absolute Gasteiger partial charge is 0.489 e. The molecule has 0 amide bonds. The third-order valence-electron chi connectivity index (χ3n) is 4.64. The highest BCUT2D eigenvalue weighted by molar-refractivity contribution is 7.90. The number of hydrogen-bond donors (Lipinski definition) is 0. The lowest BCUT2D eigenvalue weighted by molar-refractivity contribution is 0.298. The SMILES string of the molecule is Cn1cc(-c2nc(S(C)(=O)=O)ncc2OCC2CC2)c2cc(F)ccc2c1=O. The molecule has 7 nitrogen and oxygen atoms in total. The number of ether oxygens (including phenoxy) is 1. The van der Waals surface area contributed by atoms with Gasteiger partial charge in [0.05, 0.1) is 12.8 Å². The van der Waals surface area contributed by atoms with Crippen molar-refractivity contribution in [2.24, 2.45) is 13.0 Å². The number of hydrogen-bond acceptors (Lipinski definition) is 6. The number of pyridine rings is 1. The average molecular weight is 403 g/mol. The van der Waals surface area contributed by atoms with Gasteiger partial charge in [0.25, 0.3) is 5.56 Å². The van der Waals surface area contributed by atoms with Crippen LogP contribution in [-0.2, 0) is 16.9 Å². The fourth-order valence-corrected chi connectivity index (χ4v) is 3.45. The summed E-state index contributed by atoms with van der Waals surface area (Å²) in [6, 6.07) is 3.85. The predicted molar refractivity (Wildman–Crippen MR) is 102 cm³/mol. The molecule has 0 N–H and O–H groups in total. The van der Waals surface area contributed by atoms with Crippen LogP contribution in [-0.4, -0.2) is 35.8 Å². The molecule has 0 aliphatic heterocycles. The normalized spacial score (nSPS) is 14.4. The number of nitrogens with zero attached hydrogens (tertiary/aromatic N) is 3. The summed E-state index contributed by atoms with van der Waals surface area (Å²) in [6.45, 7) is 0.465. The summed E-state index contributed by atoms with van der Waals surface area (Å²) in [4.78, 5) is 20.5. The molecule has 1 fully saturated rings. The Morgan fingerprint density at radius 2 is 2.04 bits per heavy atom. The van der Waals surface area contributed by atoms with Crippen molar-refractivity contribution in [2.45, 2.75) is 18.0 Å². The van der Waals surface area contributed by atoms with Gasteiger partial charge in [-0.05, 0) is 37.0 Å². The standard InChI is InChI=1S/C19H18FN3O4S/c1-23-9-15(14-7-12(20)5-6-13(14)18(23)24)17-16(27-10-11-3-4-11)8-21-19(22-17)28(2,25)26/h5-9,11H,3-4,10H2,1-2H3. The lowest BCUT2D eigenvalue weighted by atomic mass is 10.0. The number of aromatic nitrogens is 3. The highest BCUT2D eigenvalue weighted by Gasteiger charge is 2.25. The molecule has 2 aromatic heterocycles. The molecule has 0 spiro atoms. The Kier molecular flexibility index (Phi) is 4.41. The van der Waals surface area contributed by atoms with E-state index in [2.05, 4.69) is 9.97 Å². The Hall–Kier alpha value is -2.81. The van der Waals surface area contributed by atoms with Crippen molar-refractivity contribution in [1.82, 2.24) is 14.5 Å². The molecule has 9 heteroatoms. The molecule has 0 saturated heterocycles. The molecule has 0 atom stereocenters. The van der Waals surface area contributed by atoms with E-state index in [-0.39, 0.29) is 16.4 Å². The lowest BCUT2D eigenvalue weighted by Crippen LogP contribution is -2.17. The van der Waals surface area contributed by atoms with E-state index >= 15 is 0 Å². The minimum absolute atomic E-state index is 0.210. The van der Waals surface area contributed by atoms with Crippen LogP contribution < -0.4 is 10.3 Å². The van der Waals surface area contributed by atoms with Crippen molar-refractivity contribution < 1.29 is 17.5 Å². The second-order valence-electron chi connectivity index (χ2n) is 7.04. The van der Waals surface area contributed by atoms with Crippen molar-refractivity contribution in [1.29, 1.82) is 0 Å². The summed E-state index contributed by atoms with van der Waals surface area (Å²) >= 11 is 0. The second-order valence-corrected chi connectivity index (χ2v) is 8.95. The third-order valence-corrected chi connectivity index (χ3v) is 5.50. The summed E-state index contributed by atoms with van der Waals surface area (Å²) in [5, 5.41) is 0.270. The van der Waals surface area contributed by atoms with Gasteiger partial charge in [0, 0.05) is 35.8 Å². The van der Waals surface area contributed by atoms with E-state index in [4.69, 9.17) is 4.74 Å². The van der Waals surface area contributed by atoms with Crippen LogP contribution in [0.1, 0.15) is 12.8 Å². The van der Waals surface area contributed by atoms with E-state index in [1.165, 1.54) is 35.2 Å². The summed E-state index contributed by atoms with van der Waals surface area (Å²) in [6.07, 6.45) is 5.98. The van der Waals surface area contributed by atoms with E-state index in [1.807, 2.05) is 0 Å². The van der Waals surface area contributed by atoms with Gasteiger partial charge in [0.2, 0.25) is 15.0 Å². The highest BCUT2D eigenvalue weighted by Crippen LogP contribution is 2.35. The lowest BCUT2D eigenvalue weighted by Gasteiger charge is -2.14. The summed E-state index contributed by atoms with van der Waals surface area (Å²) in [5.74, 6) is 0.236. The maximum Gasteiger partial charge on any atom is 0.258 e. The fraction of sp³-hybridized carbons (Fsp3) is 0.316. The minimum atomic E-state index is -3.67. The van der Waals surface area contributed by atoms with E-state index in [9.17, 15) is 17.6 Å². The Labute approximate surface area is 160 Å². The zero-order valence-corrected chi connectivity index (χ0v) is 16.2. The Morgan fingerprint density at radius 3 is 2.71 bits per heavy atom. The number of benzene rings is 1. The molecule has 2 heterocycles. The molecule has 0 bridgehead atoms. The number of aryl methyl sites for hydroxylation is 1.